The number of halogens is 1. The lowest BCUT2D eigenvalue weighted by atomic mass is 10.3. The number of ether oxygens (including phenoxy) is 2. The van der Waals surface area contributed by atoms with E-state index in [1.807, 2.05) is 6.07 Å². The van der Waals surface area contributed by atoms with Gasteiger partial charge in [-0.25, -0.2) is 9.97 Å². The Balaban J connectivity index is 2.60. The predicted octanol–water partition coefficient (Wildman–Crippen LogP) is 1.73. The van der Waals surface area contributed by atoms with Crippen LogP contribution in [-0.4, -0.2) is 50.5 Å². The maximum Gasteiger partial charge on any atom is 0.133 e. The average molecular weight is 304 g/mol. The monoisotopic (exact) mass is 303 g/mol. The van der Waals surface area contributed by atoms with Gasteiger partial charge in [0.05, 0.1) is 6.61 Å². The molecule has 96 valence electrons. The summed E-state index contributed by atoms with van der Waals surface area (Å²) in [6.45, 7) is 3.12. The van der Waals surface area contributed by atoms with Crippen LogP contribution in [0.5, 0.6) is 0 Å². The first-order valence-electron chi connectivity index (χ1n) is 5.48. The summed E-state index contributed by atoms with van der Waals surface area (Å²) in [6.07, 6.45) is 2.51. The highest BCUT2D eigenvalue weighted by Crippen LogP contribution is 2.14. The molecule has 0 spiro atoms. The summed E-state index contributed by atoms with van der Waals surface area (Å²) >= 11 is 3.35. The number of anilines is 1. The van der Waals surface area contributed by atoms with Crippen molar-refractivity contribution in [3.63, 3.8) is 0 Å². The van der Waals surface area contributed by atoms with Crippen LogP contribution in [0.4, 0.5) is 5.82 Å². The molecule has 0 unspecified atom stereocenters. The van der Waals surface area contributed by atoms with Gasteiger partial charge in [0.2, 0.25) is 0 Å². The summed E-state index contributed by atoms with van der Waals surface area (Å²) in [5.74, 6) is 0.903. The van der Waals surface area contributed by atoms with E-state index in [1.165, 1.54) is 0 Å². The van der Waals surface area contributed by atoms with Gasteiger partial charge < -0.3 is 14.4 Å². The molecule has 1 heterocycles. The average Bonchev–Trinajstić information content (AvgIpc) is 2.33. The Morgan fingerprint density at radius 2 is 1.94 bits per heavy atom. The molecular formula is C11H18BrN3O2. The van der Waals surface area contributed by atoms with Crippen molar-refractivity contribution in [1.29, 1.82) is 0 Å². The normalized spacial score (nSPS) is 10.5. The molecule has 0 aliphatic heterocycles. The molecule has 0 saturated heterocycles. The van der Waals surface area contributed by atoms with Crippen LogP contribution in [0.1, 0.15) is 6.42 Å². The molecular weight excluding hydrogens is 286 g/mol. The maximum absolute atomic E-state index is 5.10. The number of rotatable bonds is 8. The van der Waals surface area contributed by atoms with Gasteiger partial charge >= 0.3 is 0 Å². The summed E-state index contributed by atoms with van der Waals surface area (Å²) in [6, 6.07) is 1.91. The number of aromatic nitrogens is 2. The highest BCUT2D eigenvalue weighted by molar-refractivity contribution is 9.10. The molecule has 0 aromatic carbocycles. The third-order valence-corrected chi connectivity index (χ3v) is 2.72. The van der Waals surface area contributed by atoms with Crippen LogP contribution in [0.3, 0.4) is 0 Å². The van der Waals surface area contributed by atoms with E-state index in [9.17, 15) is 0 Å². The first kappa shape index (κ1) is 14.3. The van der Waals surface area contributed by atoms with Gasteiger partial charge in [-0.1, -0.05) is 0 Å². The van der Waals surface area contributed by atoms with Crippen LogP contribution in [-0.2, 0) is 9.47 Å². The van der Waals surface area contributed by atoms with E-state index in [0.29, 0.717) is 6.61 Å². The number of hydrogen-bond acceptors (Lipinski definition) is 5. The quantitative estimate of drug-likeness (QED) is 0.541. The summed E-state index contributed by atoms with van der Waals surface area (Å²) in [4.78, 5) is 10.4. The SMILES string of the molecule is COCCCN(CCOC)c1cc(Br)ncn1. The van der Waals surface area contributed by atoms with Crippen molar-refractivity contribution in [2.45, 2.75) is 6.42 Å². The molecule has 0 aliphatic carbocycles. The van der Waals surface area contributed by atoms with Gasteiger partial charge in [-0.3, -0.25) is 0 Å². The number of nitrogens with zero attached hydrogens (tertiary/aromatic N) is 3. The van der Waals surface area contributed by atoms with Crippen molar-refractivity contribution in [3.8, 4) is 0 Å². The minimum Gasteiger partial charge on any atom is -0.385 e. The van der Waals surface area contributed by atoms with Crippen molar-refractivity contribution >= 4 is 21.7 Å². The molecule has 0 aliphatic rings. The number of methoxy groups -OCH3 is 2. The van der Waals surface area contributed by atoms with Crippen LogP contribution in [0.15, 0.2) is 17.0 Å². The molecule has 0 saturated carbocycles. The third-order valence-electron chi connectivity index (χ3n) is 2.29. The molecule has 0 N–H and O–H groups in total. The Kier molecular flexibility index (Phi) is 7.07. The van der Waals surface area contributed by atoms with Crippen LogP contribution in [0.2, 0.25) is 0 Å². The van der Waals surface area contributed by atoms with Crippen LogP contribution >= 0.6 is 15.9 Å². The zero-order valence-electron chi connectivity index (χ0n) is 10.2. The zero-order valence-corrected chi connectivity index (χ0v) is 11.8. The van der Waals surface area contributed by atoms with Crippen LogP contribution in [0.25, 0.3) is 0 Å². The Morgan fingerprint density at radius 3 is 2.59 bits per heavy atom. The third kappa shape index (κ3) is 5.43. The minimum atomic E-state index is 0.675. The summed E-state index contributed by atoms with van der Waals surface area (Å²) in [7, 11) is 3.41. The van der Waals surface area contributed by atoms with Crippen LogP contribution in [0, 0.1) is 0 Å². The highest BCUT2D eigenvalue weighted by Gasteiger charge is 2.08. The van der Waals surface area contributed by atoms with Gasteiger partial charge in [-0.2, -0.15) is 0 Å². The summed E-state index contributed by atoms with van der Waals surface area (Å²) in [5.41, 5.74) is 0. The van der Waals surface area contributed by atoms with E-state index < -0.39 is 0 Å². The lowest BCUT2D eigenvalue weighted by Gasteiger charge is -2.23. The second-order valence-corrected chi connectivity index (χ2v) is 4.34. The lowest BCUT2D eigenvalue weighted by molar-refractivity contribution is 0.191. The van der Waals surface area contributed by atoms with Gasteiger partial charge in [-0.15, -0.1) is 0 Å². The lowest BCUT2D eigenvalue weighted by Crippen LogP contribution is -2.29. The zero-order chi connectivity index (χ0) is 12.5. The largest absolute Gasteiger partial charge is 0.385 e. The molecule has 0 bridgehead atoms. The maximum atomic E-state index is 5.10. The standard InChI is InChI=1S/C11H18BrN3O2/c1-16-6-3-4-15(5-7-17-2)11-8-10(12)13-9-14-11/h8-9H,3-7H2,1-2H3. The van der Waals surface area contributed by atoms with Crippen molar-refractivity contribution < 1.29 is 9.47 Å². The van der Waals surface area contributed by atoms with Gasteiger partial charge in [0.25, 0.3) is 0 Å². The molecule has 1 aromatic heterocycles. The van der Waals surface area contributed by atoms with Crippen LogP contribution < -0.4 is 4.90 Å². The fourth-order valence-electron chi connectivity index (χ4n) is 1.44. The second-order valence-electron chi connectivity index (χ2n) is 3.53. The fraction of sp³-hybridized carbons (Fsp3) is 0.636. The van der Waals surface area contributed by atoms with E-state index in [4.69, 9.17) is 9.47 Å². The van der Waals surface area contributed by atoms with Gasteiger partial charge in [0.15, 0.2) is 0 Å². The first-order valence-corrected chi connectivity index (χ1v) is 6.27. The molecule has 5 nitrogen and oxygen atoms in total. The molecule has 17 heavy (non-hydrogen) atoms. The van der Waals surface area contributed by atoms with E-state index in [-0.39, 0.29) is 0 Å². The topological polar surface area (TPSA) is 47.5 Å². The summed E-state index contributed by atoms with van der Waals surface area (Å²) < 4.78 is 10.9. The van der Waals surface area contributed by atoms with Gasteiger partial charge in [0.1, 0.15) is 16.7 Å². The van der Waals surface area contributed by atoms with Crippen molar-refractivity contribution in [1.82, 2.24) is 9.97 Å². The first-order chi connectivity index (χ1) is 8.27. The van der Waals surface area contributed by atoms with Crippen molar-refractivity contribution in [3.05, 3.63) is 17.0 Å². The molecule has 0 atom stereocenters. The van der Waals surface area contributed by atoms with E-state index in [0.717, 1.165) is 36.5 Å². The Bertz CT molecular complexity index is 325. The highest BCUT2D eigenvalue weighted by atomic mass is 79.9. The Labute approximate surface area is 110 Å². The minimum absolute atomic E-state index is 0.675. The molecule has 6 heteroatoms. The van der Waals surface area contributed by atoms with E-state index in [1.54, 1.807) is 20.5 Å². The molecule has 0 amide bonds. The van der Waals surface area contributed by atoms with E-state index >= 15 is 0 Å². The number of hydrogen-bond donors (Lipinski definition) is 0. The van der Waals surface area contributed by atoms with Gasteiger partial charge in [-0.05, 0) is 22.4 Å². The van der Waals surface area contributed by atoms with E-state index in [2.05, 4.69) is 30.8 Å². The smallest absolute Gasteiger partial charge is 0.133 e. The molecule has 0 radical (unpaired) electrons. The molecule has 1 rings (SSSR count). The Morgan fingerprint density at radius 1 is 1.18 bits per heavy atom. The van der Waals surface area contributed by atoms with Crippen molar-refractivity contribution in [2.24, 2.45) is 0 Å². The Hall–Kier alpha value is -0.720. The van der Waals surface area contributed by atoms with Gasteiger partial charge in [0, 0.05) is 40.0 Å². The van der Waals surface area contributed by atoms with Crippen molar-refractivity contribution in [2.75, 3.05) is 45.4 Å². The predicted molar refractivity (Wildman–Crippen MR) is 70.3 cm³/mol. The summed E-state index contributed by atoms with van der Waals surface area (Å²) in [5, 5.41) is 0. The molecule has 1 aromatic rings. The fourth-order valence-corrected chi connectivity index (χ4v) is 1.74. The second kappa shape index (κ2) is 8.38. The molecule has 0 fully saturated rings.